The maximum atomic E-state index is 12.8. The van der Waals surface area contributed by atoms with Crippen LogP contribution in [0.4, 0.5) is 5.69 Å². The van der Waals surface area contributed by atoms with Gasteiger partial charge in [0.15, 0.2) is 17.3 Å². The molecule has 1 amide bonds. The molecule has 160 valence electrons. The zero-order valence-corrected chi connectivity index (χ0v) is 17.5. The quantitative estimate of drug-likeness (QED) is 0.565. The number of hydrogen-bond acceptors (Lipinski definition) is 7. The number of amides is 1. The van der Waals surface area contributed by atoms with E-state index in [2.05, 4.69) is 44.2 Å². The summed E-state index contributed by atoms with van der Waals surface area (Å²) in [6, 6.07) is 3.97. The molecule has 0 aliphatic carbocycles. The van der Waals surface area contributed by atoms with Crippen LogP contribution in [0.1, 0.15) is 13.8 Å². The molecule has 3 aromatic rings. The van der Waals surface area contributed by atoms with Gasteiger partial charge >= 0.3 is 0 Å². The Hall–Kier alpha value is -3.11. The number of carbonyl (C=O) groups excluding carboxylic acids is 1. The molecule has 1 fully saturated rings. The van der Waals surface area contributed by atoms with Crippen molar-refractivity contribution >= 4 is 22.6 Å². The van der Waals surface area contributed by atoms with Crippen LogP contribution in [-0.2, 0) is 9.53 Å². The van der Waals surface area contributed by atoms with Crippen LogP contribution in [0, 0.1) is 0 Å². The number of ether oxygens (including phenoxy) is 3. The van der Waals surface area contributed by atoms with Gasteiger partial charge in [-0.2, -0.15) is 5.10 Å². The van der Waals surface area contributed by atoms with Gasteiger partial charge in [-0.1, -0.05) is 0 Å². The molecule has 1 aliphatic heterocycles. The second-order valence-electron chi connectivity index (χ2n) is 7.41. The lowest BCUT2D eigenvalue weighted by Crippen LogP contribution is -2.50. The van der Waals surface area contributed by atoms with Gasteiger partial charge in [-0.25, -0.2) is 4.98 Å². The number of methoxy groups -OCH3 is 2. The fraction of sp³-hybridized carbons (Fsp3) is 0.450. The van der Waals surface area contributed by atoms with Crippen molar-refractivity contribution in [3.8, 4) is 23.0 Å². The first-order chi connectivity index (χ1) is 14.5. The molecule has 3 heterocycles. The van der Waals surface area contributed by atoms with Crippen molar-refractivity contribution in [2.45, 2.75) is 26.0 Å². The molecule has 10 nitrogen and oxygen atoms in total. The molecule has 4 rings (SSSR count). The number of hydrogen-bond donors (Lipinski definition) is 3. The van der Waals surface area contributed by atoms with Crippen LogP contribution in [0.25, 0.3) is 22.6 Å². The van der Waals surface area contributed by atoms with Gasteiger partial charge in [0, 0.05) is 31.3 Å². The lowest BCUT2D eigenvalue weighted by atomic mass is 10.2. The highest BCUT2D eigenvalue weighted by Gasteiger charge is 2.29. The van der Waals surface area contributed by atoms with Gasteiger partial charge in [-0.15, -0.1) is 0 Å². The van der Waals surface area contributed by atoms with Gasteiger partial charge in [-0.3, -0.25) is 14.8 Å². The van der Waals surface area contributed by atoms with E-state index < -0.39 is 6.10 Å². The Bertz CT molecular complexity index is 1000. The van der Waals surface area contributed by atoms with Gasteiger partial charge in [0.2, 0.25) is 0 Å². The molecule has 1 aromatic carbocycles. The van der Waals surface area contributed by atoms with Crippen molar-refractivity contribution < 1.29 is 19.0 Å². The smallest absolute Gasteiger partial charge is 0.254 e. The van der Waals surface area contributed by atoms with E-state index in [0.29, 0.717) is 53.4 Å². The molecule has 0 bridgehead atoms. The number of nitrogens with one attached hydrogen (secondary N) is 3. The third-order valence-corrected chi connectivity index (χ3v) is 5.24. The Kier molecular flexibility index (Phi) is 5.60. The highest BCUT2D eigenvalue weighted by Crippen LogP contribution is 2.33. The summed E-state index contributed by atoms with van der Waals surface area (Å²) in [4.78, 5) is 22.8. The molecule has 1 unspecified atom stereocenters. The van der Waals surface area contributed by atoms with Gasteiger partial charge < -0.3 is 24.5 Å². The molecular weight excluding hydrogens is 388 g/mol. The van der Waals surface area contributed by atoms with E-state index >= 15 is 0 Å². The van der Waals surface area contributed by atoms with Crippen LogP contribution in [0.3, 0.4) is 0 Å². The molecule has 2 aromatic heterocycles. The third kappa shape index (κ3) is 3.83. The number of rotatable bonds is 6. The van der Waals surface area contributed by atoms with E-state index in [9.17, 15) is 4.79 Å². The second kappa shape index (κ2) is 8.33. The van der Waals surface area contributed by atoms with E-state index in [1.807, 2.05) is 6.07 Å². The number of anilines is 1. The Morgan fingerprint density at radius 3 is 2.80 bits per heavy atom. The highest BCUT2D eigenvalue weighted by molar-refractivity contribution is 5.97. The number of nitrogens with zero attached hydrogens (tertiary/aromatic N) is 3. The first-order valence-electron chi connectivity index (χ1n) is 9.82. The number of H-pyrrole nitrogens is 2. The number of carbonyl (C=O) groups is 1. The number of imidazole rings is 1. The normalized spacial score (nSPS) is 17.4. The summed E-state index contributed by atoms with van der Waals surface area (Å²) in [6.45, 7) is 6.13. The number of benzene rings is 1. The number of aromatic nitrogens is 4. The first kappa shape index (κ1) is 20.2. The van der Waals surface area contributed by atoms with Crippen LogP contribution >= 0.6 is 0 Å². The van der Waals surface area contributed by atoms with Crippen molar-refractivity contribution in [2.24, 2.45) is 0 Å². The lowest BCUT2D eigenvalue weighted by molar-refractivity contribution is -0.133. The van der Waals surface area contributed by atoms with E-state index in [-0.39, 0.29) is 5.91 Å². The summed E-state index contributed by atoms with van der Waals surface area (Å²) in [6.07, 6.45) is 1.03. The Morgan fingerprint density at radius 2 is 2.07 bits per heavy atom. The number of fused-ring (bicyclic) bond motifs is 1. The molecule has 0 saturated carbocycles. The first-order valence-corrected chi connectivity index (χ1v) is 9.82. The van der Waals surface area contributed by atoms with Crippen molar-refractivity contribution in [1.29, 1.82) is 0 Å². The monoisotopic (exact) mass is 414 g/mol. The van der Waals surface area contributed by atoms with Crippen LogP contribution in [-0.4, -0.2) is 77.0 Å². The van der Waals surface area contributed by atoms with Crippen molar-refractivity contribution in [3.05, 3.63) is 18.3 Å². The SMILES string of the molecule is COc1cc2nc(-c3[nH]ncc3NC(=O)C3CN(C(C)C)CCO3)[nH]c2cc1OC. The van der Waals surface area contributed by atoms with E-state index in [0.717, 1.165) is 12.1 Å². The summed E-state index contributed by atoms with van der Waals surface area (Å²) in [5, 5.41) is 9.89. The highest BCUT2D eigenvalue weighted by atomic mass is 16.5. The Labute approximate surface area is 173 Å². The van der Waals surface area contributed by atoms with Crippen molar-refractivity contribution in [1.82, 2.24) is 25.1 Å². The Balaban J connectivity index is 1.56. The van der Waals surface area contributed by atoms with Crippen molar-refractivity contribution in [2.75, 3.05) is 39.2 Å². The maximum absolute atomic E-state index is 12.8. The zero-order chi connectivity index (χ0) is 21.3. The minimum atomic E-state index is -0.534. The Morgan fingerprint density at radius 1 is 1.30 bits per heavy atom. The van der Waals surface area contributed by atoms with Gasteiger partial charge in [0.25, 0.3) is 5.91 Å². The third-order valence-electron chi connectivity index (χ3n) is 5.24. The standard InChI is InChI=1S/C20H26N6O4/c1-11(2)26-5-6-30-17(10-26)20(27)24-14-9-21-25-18(14)19-22-12-7-15(28-3)16(29-4)8-13(12)23-19/h7-9,11,17H,5-6,10H2,1-4H3,(H,21,25)(H,22,23)(H,24,27). The fourth-order valence-corrected chi connectivity index (χ4v) is 3.53. The molecule has 3 N–H and O–H groups in total. The summed E-state index contributed by atoms with van der Waals surface area (Å²) < 4.78 is 16.4. The summed E-state index contributed by atoms with van der Waals surface area (Å²) in [5.74, 6) is 1.52. The molecule has 30 heavy (non-hydrogen) atoms. The second-order valence-corrected chi connectivity index (χ2v) is 7.41. The van der Waals surface area contributed by atoms with Crippen LogP contribution in [0.5, 0.6) is 11.5 Å². The molecule has 0 spiro atoms. The number of aromatic amines is 2. The molecule has 1 aliphatic rings. The topological polar surface area (TPSA) is 117 Å². The van der Waals surface area contributed by atoms with Crippen LogP contribution in [0.2, 0.25) is 0 Å². The van der Waals surface area contributed by atoms with Crippen LogP contribution < -0.4 is 14.8 Å². The van der Waals surface area contributed by atoms with Gasteiger partial charge in [-0.05, 0) is 13.8 Å². The lowest BCUT2D eigenvalue weighted by Gasteiger charge is -2.34. The van der Waals surface area contributed by atoms with Crippen molar-refractivity contribution in [3.63, 3.8) is 0 Å². The van der Waals surface area contributed by atoms with E-state index in [4.69, 9.17) is 14.2 Å². The maximum Gasteiger partial charge on any atom is 0.254 e. The molecule has 0 radical (unpaired) electrons. The van der Waals surface area contributed by atoms with Gasteiger partial charge in [0.05, 0.1) is 43.7 Å². The average Bonchev–Trinajstić information content (AvgIpc) is 3.38. The molecule has 1 saturated heterocycles. The van der Waals surface area contributed by atoms with Gasteiger partial charge in [0.1, 0.15) is 11.8 Å². The summed E-state index contributed by atoms with van der Waals surface area (Å²) >= 11 is 0. The van der Waals surface area contributed by atoms with E-state index in [1.54, 1.807) is 26.5 Å². The molecular formula is C20H26N6O4. The fourth-order valence-electron chi connectivity index (χ4n) is 3.53. The molecule has 10 heteroatoms. The zero-order valence-electron chi connectivity index (χ0n) is 17.5. The largest absolute Gasteiger partial charge is 0.493 e. The minimum absolute atomic E-state index is 0.206. The predicted octanol–water partition coefficient (Wildman–Crippen LogP) is 2.02. The van der Waals surface area contributed by atoms with E-state index in [1.165, 1.54) is 0 Å². The van der Waals surface area contributed by atoms with Crippen LogP contribution in [0.15, 0.2) is 18.3 Å². The summed E-state index contributed by atoms with van der Waals surface area (Å²) in [7, 11) is 3.16. The molecule has 1 atom stereocenters. The summed E-state index contributed by atoms with van der Waals surface area (Å²) in [5.41, 5.74) is 2.59. The number of morpholine rings is 1. The average molecular weight is 414 g/mol. The predicted molar refractivity (Wildman–Crippen MR) is 112 cm³/mol. The minimum Gasteiger partial charge on any atom is -0.493 e.